The van der Waals surface area contributed by atoms with Crippen LogP contribution >= 0.6 is 0 Å². The van der Waals surface area contributed by atoms with Gasteiger partial charge in [-0.25, -0.2) is 0 Å². The molecule has 3 aromatic rings. The number of nitrogens with zero attached hydrogens (tertiary/aromatic N) is 1. The van der Waals surface area contributed by atoms with Gasteiger partial charge in [0.1, 0.15) is 18.1 Å². The van der Waals surface area contributed by atoms with Gasteiger partial charge in [0.25, 0.3) is 5.91 Å². The van der Waals surface area contributed by atoms with E-state index in [1.54, 1.807) is 7.11 Å². The molecule has 2 aromatic carbocycles. The first-order valence-corrected chi connectivity index (χ1v) is 8.09. The van der Waals surface area contributed by atoms with E-state index in [-0.39, 0.29) is 5.91 Å². The second-order valence-corrected chi connectivity index (χ2v) is 5.61. The monoisotopic (exact) mass is 336 g/mol. The number of hydrogen-bond donors (Lipinski definition) is 1. The zero-order valence-corrected chi connectivity index (χ0v) is 14.3. The zero-order valence-electron chi connectivity index (χ0n) is 14.3. The molecular formula is C20H20N2O3. The summed E-state index contributed by atoms with van der Waals surface area (Å²) in [5.74, 6) is 1.39. The first-order valence-electron chi connectivity index (χ1n) is 8.09. The number of pyridine rings is 1. The van der Waals surface area contributed by atoms with Crippen LogP contribution in [0.5, 0.6) is 11.5 Å². The fourth-order valence-electron chi connectivity index (χ4n) is 2.60. The van der Waals surface area contributed by atoms with Crippen LogP contribution in [0.4, 0.5) is 0 Å². The van der Waals surface area contributed by atoms with E-state index in [9.17, 15) is 4.79 Å². The Morgan fingerprint density at radius 2 is 1.80 bits per heavy atom. The van der Waals surface area contributed by atoms with Crippen LogP contribution in [0.15, 0.2) is 54.6 Å². The number of fused-ring (bicyclic) bond motifs is 1. The molecule has 128 valence electrons. The maximum atomic E-state index is 12.5. The van der Waals surface area contributed by atoms with Crippen LogP contribution < -0.4 is 14.8 Å². The first kappa shape index (κ1) is 16.8. The highest BCUT2D eigenvalue weighted by Crippen LogP contribution is 2.18. The third kappa shape index (κ3) is 4.07. The Bertz CT molecular complexity index is 876. The van der Waals surface area contributed by atoms with Crippen molar-refractivity contribution in [3.63, 3.8) is 0 Å². The van der Waals surface area contributed by atoms with Crippen LogP contribution in [0.1, 0.15) is 16.1 Å². The average molecular weight is 336 g/mol. The number of rotatable bonds is 6. The van der Waals surface area contributed by atoms with Crippen molar-refractivity contribution in [2.75, 3.05) is 20.3 Å². The van der Waals surface area contributed by atoms with Crippen molar-refractivity contribution >= 4 is 16.8 Å². The summed E-state index contributed by atoms with van der Waals surface area (Å²) in [6.45, 7) is 2.69. The highest BCUT2D eigenvalue weighted by atomic mass is 16.5. The number of methoxy groups -OCH3 is 1. The highest BCUT2D eigenvalue weighted by molar-refractivity contribution is 6.06. The summed E-state index contributed by atoms with van der Waals surface area (Å²) in [4.78, 5) is 16.9. The van der Waals surface area contributed by atoms with Crippen molar-refractivity contribution in [1.29, 1.82) is 0 Å². The standard InChI is InChI=1S/C20H20N2O3/c1-14-13-18(17-5-3-4-6-19(17)22-14)20(23)21-11-12-25-16-9-7-15(24-2)8-10-16/h3-10,13H,11-12H2,1-2H3,(H,21,23). The van der Waals surface area contributed by atoms with Gasteiger partial charge in [-0.15, -0.1) is 0 Å². The number of benzene rings is 2. The van der Waals surface area contributed by atoms with E-state index in [1.165, 1.54) is 0 Å². The topological polar surface area (TPSA) is 60.5 Å². The van der Waals surface area contributed by atoms with Crippen LogP contribution in [0.25, 0.3) is 10.9 Å². The molecule has 0 saturated carbocycles. The van der Waals surface area contributed by atoms with Gasteiger partial charge in [-0.1, -0.05) is 18.2 Å². The minimum absolute atomic E-state index is 0.125. The van der Waals surface area contributed by atoms with Gasteiger partial charge < -0.3 is 14.8 Å². The summed E-state index contributed by atoms with van der Waals surface area (Å²) >= 11 is 0. The lowest BCUT2D eigenvalue weighted by atomic mass is 10.1. The van der Waals surface area contributed by atoms with E-state index in [1.807, 2.05) is 61.5 Å². The molecule has 5 nitrogen and oxygen atoms in total. The molecule has 3 rings (SSSR count). The average Bonchev–Trinajstić information content (AvgIpc) is 2.64. The van der Waals surface area contributed by atoms with Crippen molar-refractivity contribution < 1.29 is 14.3 Å². The molecule has 0 fully saturated rings. The molecule has 5 heteroatoms. The minimum atomic E-state index is -0.125. The Hall–Kier alpha value is -3.08. The number of carbonyl (C=O) groups is 1. The van der Waals surface area contributed by atoms with Crippen LogP contribution in [-0.4, -0.2) is 31.2 Å². The highest BCUT2D eigenvalue weighted by Gasteiger charge is 2.11. The van der Waals surface area contributed by atoms with Crippen molar-refractivity contribution in [3.05, 3.63) is 65.9 Å². The molecule has 0 atom stereocenters. The molecule has 0 aliphatic carbocycles. The molecule has 0 bridgehead atoms. The van der Waals surface area contributed by atoms with Gasteiger partial charge in [0.05, 0.1) is 24.7 Å². The van der Waals surface area contributed by atoms with E-state index < -0.39 is 0 Å². The number of aryl methyl sites for hydroxylation is 1. The summed E-state index contributed by atoms with van der Waals surface area (Å²) in [6.07, 6.45) is 0. The number of hydrogen-bond acceptors (Lipinski definition) is 4. The molecular weight excluding hydrogens is 316 g/mol. The number of aromatic nitrogens is 1. The van der Waals surface area contributed by atoms with E-state index in [0.29, 0.717) is 18.7 Å². The Morgan fingerprint density at radius 3 is 2.56 bits per heavy atom. The van der Waals surface area contributed by atoms with Gasteiger partial charge in [0.15, 0.2) is 0 Å². The molecule has 1 amide bonds. The molecule has 25 heavy (non-hydrogen) atoms. The summed E-state index contributed by atoms with van der Waals surface area (Å²) in [5, 5.41) is 3.74. The summed E-state index contributed by atoms with van der Waals surface area (Å²) < 4.78 is 10.7. The fourth-order valence-corrected chi connectivity index (χ4v) is 2.60. The number of amides is 1. The second-order valence-electron chi connectivity index (χ2n) is 5.61. The molecule has 0 unspecified atom stereocenters. The first-order chi connectivity index (χ1) is 12.2. The summed E-state index contributed by atoms with van der Waals surface area (Å²) in [6, 6.07) is 16.8. The SMILES string of the molecule is COc1ccc(OCCNC(=O)c2cc(C)nc3ccccc23)cc1. The van der Waals surface area contributed by atoms with Gasteiger partial charge in [-0.05, 0) is 43.3 Å². The molecule has 0 aliphatic rings. The fraction of sp³-hybridized carbons (Fsp3) is 0.200. The minimum Gasteiger partial charge on any atom is -0.497 e. The van der Waals surface area contributed by atoms with Gasteiger partial charge in [-0.3, -0.25) is 9.78 Å². The Morgan fingerprint density at radius 1 is 1.08 bits per heavy atom. The quantitative estimate of drug-likeness (QED) is 0.701. The molecule has 0 spiro atoms. The van der Waals surface area contributed by atoms with Crippen molar-refractivity contribution in [2.24, 2.45) is 0 Å². The van der Waals surface area contributed by atoms with E-state index in [2.05, 4.69) is 10.3 Å². The molecule has 1 aromatic heterocycles. The summed E-state index contributed by atoms with van der Waals surface area (Å²) in [7, 11) is 1.62. The normalized spacial score (nSPS) is 10.5. The molecule has 1 N–H and O–H groups in total. The van der Waals surface area contributed by atoms with Crippen LogP contribution in [0, 0.1) is 6.92 Å². The third-order valence-corrected chi connectivity index (χ3v) is 3.80. The van der Waals surface area contributed by atoms with Gasteiger partial charge >= 0.3 is 0 Å². The number of para-hydroxylation sites is 1. The van der Waals surface area contributed by atoms with Gasteiger partial charge in [-0.2, -0.15) is 0 Å². The third-order valence-electron chi connectivity index (χ3n) is 3.80. The lowest BCUT2D eigenvalue weighted by Crippen LogP contribution is -2.28. The molecule has 0 radical (unpaired) electrons. The summed E-state index contributed by atoms with van der Waals surface area (Å²) in [5.41, 5.74) is 2.27. The predicted molar refractivity (Wildman–Crippen MR) is 97.3 cm³/mol. The molecule has 1 heterocycles. The number of ether oxygens (including phenoxy) is 2. The van der Waals surface area contributed by atoms with Gasteiger partial charge in [0.2, 0.25) is 0 Å². The second kappa shape index (κ2) is 7.66. The largest absolute Gasteiger partial charge is 0.497 e. The van der Waals surface area contributed by atoms with E-state index in [0.717, 1.165) is 28.1 Å². The van der Waals surface area contributed by atoms with Gasteiger partial charge in [0, 0.05) is 11.1 Å². The van der Waals surface area contributed by atoms with Crippen molar-refractivity contribution in [2.45, 2.75) is 6.92 Å². The van der Waals surface area contributed by atoms with E-state index in [4.69, 9.17) is 9.47 Å². The van der Waals surface area contributed by atoms with E-state index >= 15 is 0 Å². The Balaban J connectivity index is 1.59. The Kier molecular flexibility index (Phi) is 5.14. The Labute approximate surface area is 146 Å². The molecule has 0 saturated heterocycles. The van der Waals surface area contributed by atoms with Crippen LogP contribution in [0.3, 0.4) is 0 Å². The lowest BCUT2D eigenvalue weighted by Gasteiger charge is -2.10. The van der Waals surface area contributed by atoms with Crippen LogP contribution in [-0.2, 0) is 0 Å². The zero-order chi connectivity index (χ0) is 17.6. The number of carbonyl (C=O) groups excluding carboxylic acids is 1. The van der Waals surface area contributed by atoms with Crippen molar-refractivity contribution in [1.82, 2.24) is 10.3 Å². The maximum Gasteiger partial charge on any atom is 0.252 e. The maximum absolute atomic E-state index is 12.5. The van der Waals surface area contributed by atoms with Crippen LogP contribution in [0.2, 0.25) is 0 Å². The molecule has 0 aliphatic heterocycles. The lowest BCUT2D eigenvalue weighted by molar-refractivity contribution is 0.0948. The smallest absolute Gasteiger partial charge is 0.252 e. The number of nitrogens with one attached hydrogen (secondary N) is 1. The predicted octanol–water partition coefficient (Wildman–Crippen LogP) is 3.36. The van der Waals surface area contributed by atoms with Crippen molar-refractivity contribution in [3.8, 4) is 11.5 Å².